The molecule has 0 aromatic carbocycles. The number of alkyl halides is 7. The first-order valence-electron chi connectivity index (χ1n) is 42.5. The Labute approximate surface area is 918 Å². The number of carboxylic acids is 1. The third kappa shape index (κ3) is 25.7. The number of aryl methyl sites for hydroxylation is 5. The van der Waals surface area contributed by atoms with Gasteiger partial charge in [-0.05, 0) is 273 Å². The highest BCUT2D eigenvalue weighted by Gasteiger charge is 2.37. The first-order chi connectivity index (χ1) is 66.9. The van der Waals surface area contributed by atoms with Gasteiger partial charge >= 0.3 is 17.9 Å². The molecule has 0 aliphatic heterocycles. The summed E-state index contributed by atoms with van der Waals surface area (Å²) in [6, 6.07) is 20.8. The summed E-state index contributed by atoms with van der Waals surface area (Å²) < 4.78 is 31.1. The van der Waals surface area contributed by atoms with E-state index in [1.54, 1.807) is 110 Å². The van der Waals surface area contributed by atoms with Gasteiger partial charge in [-0.25, -0.2) is 39.3 Å². The second-order valence-corrected chi connectivity index (χ2v) is 50.6. The van der Waals surface area contributed by atoms with Crippen LogP contribution in [0.5, 0.6) is 0 Å². The summed E-state index contributed by atoms with van der Waals surface area (Å²) in [5, 5.41) is 69.6. The van der Waals surface area contributed by atoms with Crippen LogP contribution in [0.4, 0.5) is 0 Å². The molecule has 5 aliphatic rings. The minimum absolute atomic E-state index is 0. The number of ether oxygens (including phenoxy) is 2. The minimum atomic E-state index is -1.01. The Hall–Kier alpha value is -8.90. The van der Waals surface area contributed by atoms with E-state index in [0.717, 1.165) is 147 Å². The lowest BCUT2D eigenvalue weighted by molar-refractivity contribution is 0.0591. The van der Waals surface area contributed by atoms with Gasteiger partial charge in [0.05, 0.1) is 68.7 Å². The van der Waals surface area contributed by atoms with E-state index in [0.29, 0.717) is 127 Å². The summed E-state index contributed by atoms with van der Waals surface area (Å²) in [5.41, 5.74) is 13.9. The molecule has 0 radical (unpaired) electrons. The summed E-state index contributed by atoms with van der Waals surface area (Å²) in [6.45, 7) is 5.99. The maximum atomic E-state index is 13.3. The second kappa shape index (κ2) is 48.9. The molecule has 5 fully saturated rings. The SMILES string of the molecule is C.CI.CI.COC(=O)c1cc(-n2nnnc2C2CC2)c2ncc(Br)n2c1.COC(=O)c1cc(-n2nnnc2C2CC2)c2nccn2c1.Cc1ccc(CCC(=O)c2cc(-n3nnnc3C3CC3)c3ncc(-c4ccc(C)s4)n3c2)cn1.Cc1ccc(CCC(=O)c2cc(-n3nnnc3C3CC3)c3ncc(Br)n3c2)cn1.IC(I)I.ICI.O=C(O)c1cc(-n2nnnc2C2CC2)c2ncc(Br)n2c1. The molecule has 0 saturated heterocycles. The predicted molar refractivity (Wildman–Crippen MR) is 589 cm³/mol. The number of imidazole rings is 5. The van der Waals surface area contributed by atoms with Crippen LogP contribution in [0.25, 0.3) is 67.2 Å². The number of fused-ring (bicyclic) bond motifs is 5. The Morgan fingerprint density at radius 2 is 0.741 bits per heavy atom. The molecule has 40 nitrogen and oxygen atoms in total. The lowest BCUT2D eigenvalue weighted by Crippen LogP contribution is -2.09. The van der Waals surface area contributed by atoms with E-state index in [-0.39, 0.29) is 24.6 Å². The van der Waals surface area contributed by atoms with Crippen molar-refractivity contribution >= 4 is 275 Å². The molecule has 0 amide bonds. The first-order valence-corrected chi connectivity index (χ1v) is 56.8. The number of carboxylic acid groups (broad SMARTS) is 1. The topological polar surface area (TPSA) is 454 Å². The number of halogens is 10. The maximum Gasteiger partial charge on any atom is 0.339 e. The summed E-state index contributed by atoms with van der Waals surface area (Å²) in [4.78, 5) is 98.5. The van der Waals surface area contributed by atoms with E-state index in [2.05, 4.69) is 333 Å². The van der Waals surface area contributed by atoms with Crippen LogP contribution < -0.4 is 0 Å². The average molecular weight is 2880 g/mol. The number of aromatic carboxylic acids is 1. The number of esters is 2. The number of nitrogens with zero attached hydrogens (tertiary/aromatic N) is 32. The zero-order valence-corrected chi connectivity index (χ0v) is 94.9. The van der Waals surface area contributed by atoms with E-state index < -0.39 is 17.9 Å². The van der Waals surface area contributed by atoms with Gasteiger partial charge < -0.3 is 19.0 Å². The van der Waals surface area contributed by atoms with Crippen LogP contribution in [0.15, 0.2) is 161 Å². The number of thiophene rings is 1. The lowest BCUT2D eigenvalue weighted by Gasteiger charge is -2.10. The van der Waals surface area contributed by atoms with E-state index in [4.69, 9.17) is 14.5 Å². The Morgan fingerprint density at radius 1 is 0.424 bits per heavy atom. The van der Waals surface area contributed by atoms with Gasteiger partial charge in [-0.1, -0.05) is 178 Å². The lowest BCUT2D eigenvalue weighted by atomic mass is 10.0. The van der Waals surface area contributed by atoms with Gasteiger partial charge in [-0.15, -0.1) is 36.8 Å². The molecule has 722 valence electrons. The molecule has 18 aromatic rings. The van der Waals surface area contributed by atoms with Gasteiger partial charge in [0.2, 0.25) is 0 Å². The number of pyridine rings is 7. The standard InChI is InChI=1S/C25H23N7OS.C20H18BrN7O.C13H11BrN6O2.C13H12N6O2.C12H9BrN6O2.CHI3.CH2I2.2CH3I.CH4/c1-15-3-5-17(12-26-15)6-9-22(33)19-11-20(32-24(18-7-8-18)28-29-30-32)25-27-13-21(31(25)14-19)23-10-4-16(2)34-23;1-12-2-3-13(9-22-12)4-7-17(29)15-8-16(20-23-10-18(21)27(20)11-15)28-19(14-5-6-14)24-25-26-28;1-22-13(21)8-4-9(12-15-5-10(14)19(12)6-8)20-11(7-2-3-7)16-17-18-20;1-21-13(20)9-6-10(12-14-4-5-18(12)7-9)19-11(8-2-3-8)15-16-17-19;13-9-4-14-11-8(3-7(12(20)21)5-18(9)11)19-10(6-1-2-6)15-16-17-19;2-1(3)4;2-1-3;2*1-2;/h3-5,10-14,18H,6-9H2,1-2H3;2-3,8-11,14H,4-7H2,1H3;4-7H,2-3H2,1H3;4-8H,2-3H2,1H3;3-6H,1-2H2,(H,20,21);1H;1H2;2*1H3;1H4. The Kier molecular flexibility index (Phi) is 37.3. The molecule has 0 unspecified atom stereocenters. The van der Waals surface area contributed by atoms with Crippen molar-refractivity contribution in [2.75, 3.05) is 26.5 Å². The van der Waals surface area contributed by atoms with Crippen molar-refractivity contribution in [1.29, 1.82) is 0 Å². The number of aromatic nitrogens is 32. The fourth-order valence-electron chi connectivity index (χ4n) is 14.5. The molecule has 23 rings (SSSR count). The molecule has 51 heteroatoms. The van der Waals surface area contributed by atoms with Gasteiger partial charge in [0.15, 0.2) is 68.9 Å². The molecule has 5 aliphatic carbocycles. The molecular weight excluding hydrogens is 2790 g/mol. The molecule has 18 aromatic heterocycles. The monoisotopic (exact) mass is 2880 g/mol. The highest BCUT2D eigenvalue weighted by molar-refractivity contribution is 14.3. The van der Waals surface area contributed by atoms with Crippen molar-refractivity contribution in [3.05, 3.63) is 245 Å². The summed E-state index contributed by atoms with van der Waals surface area (Å²) in [6.07, 6.45) is 35.3. The summed E-state index contributed by atoms with van der Waals surface area (Å²) in [5.74, 6) is 4.09. The van der Waals surface area contributed by atoms with Crippen LogP contribution in [0.3, 0.4) is 0 Å². The number of ketones is 2. The van der Waals surface area contributed by atoms with Crippen molar-refractivity contribution in [1.82, 2.24) is 158 Å². The van der Waals surface area contributed by atoms with E-state index in [1.165, 1.54) is 27.7 Å². The van der Waals surface area contributed by atoms with Crippen LogP contribution >= 0.6 is 217 Å². The largest absolute Gasteiger partial charge is 0.478 e. The van der Waals surface area contributed by atoms with Crippen molar-refractivity contribution in [3.63, 3.8) is 0 Å². The molecule has 5 saturated carbocycles. The van der Waals surface area contributed by atoms with Crippen molar-refractivity contribution in [3.8, 4) is 39.0 Å². The van der Waals surface area contributed by atoms with Crippen LogP contribution in [0, 0.1) is 20.8 Å². The van der Waals surface area contributed by atoms with Crippen LogP contribution in [-0.4, -0.2) is 219 Å². The average Bonchev–Trinajstić information content (AvgIpc) is 1.63. The quantitative estimate of drug-likeness (QED) is 0.0285. The summed E-state index contributed by atoms with van der Waals surface area (Å²) in [7, 11) is 2.70. The molecule has 18 heterocycles. The van der Waals surface area contributed by atoms with Crippen LogP contribution in [-0.2, 0) is 22.3 Å². The highest BCUT2D eigenvalue weighted by Crippen LogP contribution is 2.45. The van der Waals surface area contributed by atoms with E-state index >= 15 is 0 Å². The van der Waals surface area contributed by atoms with Gasteiger partial charge in [0.1, 0.15) is 42.2 Å². The van der Waals surface area contributed by atoms with E-state index in [9.17, 15) is 29.1 Å². The van der Waals surface area contributed by atoms with Crippen LogP contribution in [0.2, 0.25) is 0 Å². The van der Waals surface area contributed by atoms with Crippen molar-refractivity contribution in [2.24, 2.45) is 0 Å². The Morgan fingerprint density at radius 3 is 1.07 bits per heavy atom. The number of rotatable bonds is 22. The Balaban J connectivity index is 0.000000136. The second-order valence-electron chi connectivity index (χ2n) is 31.5. The number of Topliss-reactive ketones (excluding diaryl/α,β-unsaturated/α-hetero) is 2. The number of hydrogen-bond donors (Lipinski definition) is 1. The number of carbonyl (C=O) groups is 5. The minimum Gasteiger partial charge on any atom is -0.478 e. The summed E-state index contributed by atoms with van der Waals surface area (Å²) >= 11 is 27.8. The van der Waals surface area contributed by atoms with Gasteiger partial charge in [0.25, 0.3) is 0 Å². The van der Waals surface area contributed by atoms with Crippen molar-refractivity contribution < 1.29 is 38.6 Å². The van der Waals surface area contributed by atoms with Crippen LogP contribution in [0.1, 0.15) is 222 Å². The zero-order chi connectivity index (χ0) is 97.7. The Bertz CT molecular complexity index is 7380. The zero-order valence-electron chi connectivity index (χ0n) is 74.2. The maximum absolute atomic E-state index is 13.3. The third-order valence-electron chi connectivity index (χ3n) is 22.0. The number of tetrazole rings is 5. The van der Waals surface area contributed by atoms with E-state index in [1.807, 2.05) is 99.9 Å². The first kappa shape index (κ1) is 106. The molecule has 1 N–H and O–H groups in total. The molecule has 0 atom stereocenters. The van der Waals surface area contributed by atoms with Gasteiger partial charge in [0, 0.05) is 126 Å². The number of hydrogen-bond acceptors (Lipinski definition) is 30. The van der Waals surface area contributed by atoms with Gasteiger partial charge in [-0.3, -0.25) is 37.2 Å². The fourth-order valence-corrected chi connectivity index (χ4v) is 16.5. The fraction of sp³-hybridized carbons (Fsp3) is 0.330. The molecule has 139 heavy (non-hydrogen) atoms. The van der Waals surface area contributed by atoms with Gasteiger partial charge in [-0.2, -0.15) is 23.4 Å². The normalized spacial score (nSPS) is 13.4. The molecule has 0 spiro atoms. The third-order valence-corrected chi connectivity index (χ3v) is 24.7. The highest BCUT2D eigenvalue weighted by atomic mass is 127. The van der Waals surface area contributed by atoms with Crippen molar-refractivity contribution in [2.45, 2.75) is 148 Å². The number of methoxy groups -OCH3 is 2. The predicted octanol–water partition coefficient (Wildman–Crippen LogP) is 19.7. The number of carbonyl (C=O) groups excluding carboxylic acids is 4. The molecular formula is C88H86Br3I7N32O8S. The molecule has 0 bridgehead atoms. The smallest absolute Gasteiger partial charge is 0.339 e.